The molecule has 0 spiro atoms. The standard InChI is InChI=1S/C21H25N3O3S2/c1-12(2)16-9-17-14(8-19(25)27-18(17)7-13(16)3)11-28-21-24-23-20(29-21)22-10-15-5-4-6-26-15/h7-9,12,15H,4-6,10-11H2,1-3H3,(H,22,23). The van der Waals surface area contributed by atoms with Gasteiger partial charge in [-0.2, -0.15) is 0 Å². The molecule has 1 unspecified atom stereocenters. The maximum absolute atomic E-state index is 12.0. The van der Waals surface area contributed by atoms with Crippen LogP contribution in [0.15, 0.2) is 31.8 Å². The molecule has 0 saturated carbocycles. The number of rotatable bonds is 7. The number of anilines is 1. The number of thioether (sulfide) groups is 1. The summed E-state index contributed by atoms with van der Waals surface area (Å²) >= 11 is 3.12. The van der Waals surface area contributed by atoms with E-state index in [0.29, 0.717) is 17.3 Å². The van der Waals surface area contributed by atoms with E-state index < -0.39 is 0 Å². The summed E-state index contributed by atoms with van der Waals surface area (Å²) in [5.41, 5.74) is 3.71. The first-order valence-corrected chi connectivity index (χ1v) is 11.7. The van der Waals surface area contributed by atoms with Crippen LogP contribution in [0.25, 0.3) is 11.0 Å². The van der Waals surface area contributed by atoms with Crippen LogP contribution in [-0.2, 0) is 10.5 Å². The van der Waals surface area contributed by atoms with Crippen LogP contribution >= 0.6 is 23.1 Å². The lowest BCUT2D eigenvalue weighted by Gasteiger charge is -2.12. The zero-order valence-corrected chi connectivity index (χ0v) is 18.5. The van der Waals surface area contributed by atoms with Crippen molar-refractivity contribution in [2.24, 2.45) is 0 Å². The van der Waals surface area contributed by atoms with Crippen LogP contribution in [0.1, 0.15) is 49.3 Å². The van der Waals surface area contributed by atoms with Crippen LogP contribution in [-0.4, -0.2) is 29.5 Å². The maximum Gasteiger partial charge on any atom is 0.336 e. The fourth-order valence-electron chi connectivity index (χ4n) is 3.62. The molecule has 1 aliphatic heterocycles. The van der Waals surface area contributed by atoms with E-state index in [0.717, 1.165) is 52.0 Å². The summed E-state index contributed by atoms with van der Waals surface area (Å²) in [6.07, 6.45) is 2.48. The second-order valence-electron chi connectivity index (χ2n) is 7.63. The van der Waals surface area contributed by atoms with Crippen molar-refractivity contribution in [2.45, 2.75) is 55.7 Å². The second-order valence-corrected chi connectivity index (χ2v) is 9.83. The Morgan fingerprint density at radius 1 is 1.31 bits per heavy atom. The van der Waals surface area contributed by atoms with Gasteiger partial charge < -0.3 is 14.5 Å². The topological polar surface area (TPSA) is 77.2 Å². The van der Waals surface area contributed by atoms with Crippen molar-refractivity contribution >= 4 is 39.2 Å². The van der Waals surface area contributed by atoms with Crippen molar-refractivity contribution in [1.82, 2.24) is 10.2 Å². The van der Waals surface area contributed by atoms with Crippen LogP contribution in [0.3, 0.4) is 0 Å². The van der Waals surface area contributed by atoms with E-state index in [4.69, 9.17) is 9.15 Å². The van der Waals surface area contributed by atoms with Gasteiger partial charge in [0.2, 0.25) is 5.13 Å². The molecule has 8 heteroatoms. The lowest BCUT2D eigenvalue weighted by molar-refractivity contribution is 0.120. The summed E-state index contributed by atoms with van der Waals surface area (Å²) in [4.78, 5) is 12.0. The average Bonchev–Trinajstić information content (AvgIpc) is 3.35. The molecular formula is C21H25N3O3S2. The van der Waals surface area contributed by atoms with Gasteiger partial charge in [-0.25, -0.2) is 4.79 Å². The van der Waals surface area contributed by atoms with E-state index in [1.54, 1.807) is 17.8 Å². The molecule has 1 N–H and O–H groups in total. The van der Waals surface area contributed by atoms with E-state index in [9.17, 15) is 4.79 Å². The minimum atomic E-state index is -0.319. The van der Waals surface area contributed by atoms with E-state index in [2.05, 4.69) is 42.4 Å². The first kappa shape index (κ1) is 20.4. The summed E-state index contributed by atoms with van der Waals surface area (Å²) in [7, 11) is 0. The largest absolute Gasteiger partial charge is 0.423 e. The number of benzene rings is 1. The highest BCUT2D eigenvalue weighted by Crippen LogP contribution is 2.32. The van der Waals surface area contributed by atoms with E-state index in [1.165, 1.54) is 16.9 Å². The van der Waals surface area contributed by atoms with Gasteiger partial charge in [-0.1, -0.05) is 36.9 Å². The normalized spacial score (nSPS) is 16.8. The first-order chi connectivity index (χ1) is 14.0. The van der Waals surface area contributed by atoms with Gasteiger partial charge in [0.15, 0.2) is 4.34 Å². The Bertz CT molecular complexity index is 1050. The summed E-state index contributed by atoms with van der Waals surface area (Å²) in [5.74, 6) is 1.05. The molecule has 1 fully saturated rings. The summed E-state index contributed by atoms with van der Waals surface area (Å²) in [6.45, 7) is 8.02. The predicted octanol–water partition coefficient (Wildman–Crippen LogP) is 4.96. The zero-order chi connectivity index (χ0) is 20.4. The molecule has 3 heterocycles. The van der Waals surface area contributed by atoms with Crippen LogP contribution < -0.4 is 10.9 Å². The fourth-order valence-corrected chi connectivity index (χ4v) is 5.37. The molecule has 1 aromatic carbocycles. The van der Waals surface area contributed by atoms with Crippen molar-refractivity contribution in [3.05, 3.63) is 45.3 Å². The highest BCUT2D eigenvalue weighted by atomic mass is 32.2. The van der Waals surface area contributed by atoms with Gasteiger partial charge in [-0.3, -0.25) is 0 Å². The van der Waals surface area contributed by atoms with Crippen molar-refractivity contribution in [1.29, 1.82) is 0 Å². The number of hydrogen-bond acceptors (Lipinski definition) is 8. The molecule has 0 aliphatic carbocycles. The van der Waals surface area contributed by atoms with Crippen molar-refractivity contribution in [3.63, 3.8) is 0 Å². The Balaban J connectivity index is 1.49. The number of aryl methyl sites for hydroxylation is 1. The van der Waals surface area contributed by atoms with Gasteiger partial charge in [0.05, 0.1) is 6.10 Å². The molecule has 0 amide bonds. The lowest BCUT2D eigenvalue weighted by Crippen LogP contribution is -2.18. The van der Waals surface area contributed by atoms with Gasteiger partial charge in [0.25, 0.3) is 0 Å². The van der Waals surface area contributed by atoms with Crippen LogP contribution in [0.5, 0.6) is 0 Å². The highest BCUT2D eigenvalue weighted by molar-refractivity contribution is 8.00. The molecule has 0 bridgehead atoms. The van der Waals surface area contributed by atoms with Crippen LogP contribution in [0, 0.1) is 6.92 Å². The predicted molar refractivity (Wildman–Crippen MR) is 118 cm³/mol. The van der Waals surface area contributed by atoms with Gasteiger partial charge in [-0.15, -0.1) is 10.2 Å². The number of aromatic nitrogens is 2. The Morgan fingerprint density at radius 2 is 2.17 bits per heavy atom. The second kappa shape index (κ2) is 8.85. The Morgan fingerprint density at radius 3 is 2.93 bits per heavy atom. The van der Waals surface area contributed by atoms with Gasteiger partial charge >= 0.3 is 5.63 Å². The first-order valence-electron chi connectivity index (χ1n) is 9.88. The molecule has 3 aromatic rings. The minimum Gasteiger partial charge on any atom is -0.423 e. The third kappa shape index (κ3) is 4.82. The molecule has 29 heavy (non-hydrogen) atoms. The van der Waals surface area contributed by atoms with E-state index >= 15 is 0 Å². The van der Waals surface area contributed by atoms with Crippen LogP contribution in [0.4, 0.5) is 5.13 Å². The lowest BCUT2D eigenvalue weighted by atomic mass is 9.95. The van der Waals surface area contributed by atoms with Crippen molar-refractivity contribution < 1.29 is 9.15 Å². The van der Waals surface area contributed by atoms with Gasteiger partial charge in [-0.05, 0) is 54.5 Å². The molecule has 1 saturated heterocycles. The van der Waals surface area contributed by atoms with Gasteiger partial charge in [0.1, 0.15) is 5.58 Å². The number of ether oxygens (including phenoxy) is 1. The monoisotopic (exact) mass is 431 g/mol. The summed E-state index contributed by atoms with van der Waals surface area (Å²) in [6, 6.07) is 5.72. The SMILES string of the molecule is Cc1cc2oc(=O)cc(CSc3nnc(NCC4CCCO4)s3)c2cc1C(C)C. The van der Waals surface area contributed by atoms with E-state index in [1.807, 2.05) is 6.07 Å². The summed E-state index contributed by atoms with van der Waals surface area (Å²) in [5, 5.41) is 13.6. The van der Waals surface area contributed by atoms with Crippen LogP contribution in [0.2, 0.25) is 0 Å². The number of nitrogens with one attached hydrogen (secondary N) is 1. The molecular weight excluding hydrogens is 406 g/mol. The molecule has 154 valence electrons. The number of fused-ring (bicyclic) bond motifs is 1. The highest BCUT2D eigenvalue weighted by Gasteiger charge is 2.16. The molecule has 2 aromatic heterocycles. The summed E-state index contributed by atoms with van der Waals surface area (Å²) < 4.78 is 11.9. The van der Waals surface area contributed by atoms with Crippen molar-refractivity contribution in [2.75, 3.05) is 18.5 Å². The van der Waals surface area contributed by atoms with Gasteiger partial charge in [0, 0.05) is 30.4 Å². The number of nitrogens with zero attached hydrogens (tertiary/aromatic N) is 2. The smallest absolute Gasteiger partial charge is 0.336 e. The Kier molecular flexibility index (Phi) is 6.22. The molecule has 1 atom stereocenters. The van der Waals surface area contributed by atoms with Crippen molar-refractivity contribution in [3.8, 4) is 0 Å². The van der Waals surface area contributed by atoms with E-state index in [-0.39, 0.29) is 11.7 Å². The quantitative estimate of drug-likeness (QED) is 0.418. The molecule has 4 rings (SSSR count). The molecule has 6 nitrogen and oxygen atoms in total. The molecule has 1 aliphatic rings. The number of hydrogen-bond donors (Lipinski definition) is 1. The maximum atomic E-state index is 12.0. The minimum absolute atomic E-state index is 0.267. The zero-order valence-electron chi connectivity index (χ0n) is 16.9. The third-order valence-electron chi connectivity index (χ3n) is 5.10. The third-order valence-corrected chi connectivity index (χ3v) is 7.16. The Hall–Kier alpha value is -1.90. The fraction of sp³-hybridized carbons (Fsp3) is 0.476. The Labute approximate surface area is 178 Å². The average molecular weight is 432 g/mol. The molecule has 0 radical (unpaired) electrons.